The Kier molecular flexibility index (Phi) is 6.77. The van der Waals surface area contributed by atoms with E-state index >= 15 is 8.78 Å². The van der Waals surface area contributed by atoms with Crippen LogP contribution in [0.3, 0.4) is 0 Å². The molecule has 1 aliphatic heterocycles. The van der Waals surface area contributed by atoms with E-state index in [0.29, 0.717) is 5.56 Å². The van der Waals surface area contributed by atoms with Gasteiger partial charge in [0, 0.05) is 22.3 Å². The second-order valence-electron chi connectivity index (χ2n) is 11.5. The number of aliphatic hydroxyl groups is 2. The van der Waals surface area contributed by atoms with Crippen molar-refractivity contribution in [3.8, 4) is 0 Å². The van der Waals surface area contributed by atoms with Crippen molar-refractivity contribution in [1.29, 1.82) is 0 Å². The minimum absolute atomic E-state index is 0.0133. The first kappa shape index (κ1) is 28.2. The van der Waals surface area contributed by atoms with Crippen LogP contribution in [0.25, 0.3) is 0 Å². The second-order valence-corrected chi connectivity index (χ2v) is 11.5. The van der Waals surface area contributed by atoms with Crippen molar-refractivity contribution in [2.75, 3.05) is 6.61 Å². The van der Waals surface area contributed by atoms with Gasteiger partial charge >= 0.3 is 0 Å². The van der Waals surface area contributed by atoms with E-state index in [0.717, 1.165) is 6.08 Å². The maximum Gasteiger partial charge on any atom is 0.193 e. The Morgan fingerprint density at radius 3 is 2.56 bits per heavy atom. The fraction of sp³-hybridized carbons (Fsp3) is 0.600. The second kappa shape index (κ2) is 9.36. The molecule has 0 aromatic heterocycles. The Labute approximate surface area is 225 Å². The van der Waals surface area contributed by atoms with Gasteiger partial charge in [-0.2, -0.15) is 0 Å². The molecule has 7 unspecified atom stereocenters. The highest BCUT2D eigenvalue weighted by molar-refractivity contribution is 6.01. The number of hydrogen-bond donors (Lipinski definition) is 2. The van der Waals surface area contributed by atoms with Crippen molar-refractivity contribution in [1.82, 2.24) is 0 Å². The molecule has 9 heteroatoms. The van der Waals surface area contributed by atoms with E-state index in [2.05, 4.69) is 0 Å². The SMILES string of the molecule is CC.CC12CC(O)[C@@]3(F)C(C[C@H](F)C4=CC(=O)C=CC43C)C1C[C@H]1OC(c3cccc(F)c3)OC12C(=O)CO. The quantitative estimate of drug-likeness (QED) is 0.578. The van der Waals surface area contributed by atoms with Gasteiger partial charge in [0.1, 0.15) is 18.6 Å². The van der Waals surface area contributed by atoms with E-state index in [1.165, 1.54) is 37.3 Å². The minimum Gasteiger partial charge on any atom is -0.390 e. The van der Waals surface area contributed by atoms with Gasteiger partial charge in [-0.3, -0.25) is 9.59 Å². The minimum atomic E-state index is -2.31. The van der Waals surface area contributed by atoms with Crippen molar-refractivity contribution in [2.45, 2.75) is 82.9 Å². The van der Waals surface area contributed by atoms with Crippen LogP contribution in [0.1, 0.15) is 58.8 Å². The third kappa shape index (κ3) is 3.49. The average molecular weight is 549 g/mol. The summed E-state index contributed by atoms with van der Waals surface area (Å²) >= 11 is 0. The van der Waals surface area contributed by atoms with Crippen molar-refractivity contribution in [3.05, 3.63) is 59.4 Å². The Balaban J connectivity index is 0.00000151. The number of carbonyl (C=O) groups excluding carboxylic acids is 2. The molecule has 0 radical (unpaired) electrons. The van der Waals surface area contributed by atoms with E-state index in [1.54, 1.807) is 13.0 Å². The largest absolute Gasteiger partial charge is 0.390 e. The van der Waals surface area contributed by atoms with Crippen LogP contribution in [0.5, 0.6) is 0 Å². The molecule has 1 heterocycles. The predicted molar refractivity (Wildman–Crippen MR) is 135 cm³/mol. The highest BCUT2D eigenvalue weighted by atomic mass is 19.1. The number of carbonyl (C=O) groups is 2. The molecular weight excluding hydrogens is 513 g/mol. The molecule has 0 bridgehead atoms. The normalized spacial score (nSPS) is 45.8. The van der Waals surface area contributed by atoms with E-state index < -0.39 is 82.6 Å². The van der Waals surface area contributed by atoms with Crippen LogP contribution in [-0.2, 0) is 19.1 Å². The zero-order valence-electron chi connectivity index (χ0n) is 22.5. The number of alkyl halides is 2. The number of rotatable bonds is 3. The lowest BCUT2D eigenvalue weighted by molar-refractivity contribution is -0.235. The summed E-state index contributed by atoms with van der Waals surface area (Å²) in [6.45, 7) is 6.33. The topological polar surface area (TPSA) is 93.1 Å². The molecule has 6 nitrogen and oxygen atoms in total. The van der Waals surface area contributed by atoms with Gasteiger partial charge in [-0.1, -0.05) is 39.0 Å². The van der Waals surface area contributed by atoms with Gasteiger partial charge in [0.05, 0.1) is 12.2 Å². The third-order valence-corrected chi connectivity index (χ3v) is 10.0. The van der Waals surface area contributed by atoms with Crippen LogP contribution in [0, 0.1) is 28.5 Å². The van der Waals surface area contributed by atoms with E-state index in [1.807, 2.05) is 13.8 Å². The Morgan fingerprint density at radius 1 is 1.18 bits per heavy atom. The number of ketones is 2. The molecular formula is C30H35F3O6. The zero-order chi connectivity index (χ0) is 28.5. The summed E-state index contributed by atoms with van der Waals surface area (Å²) in [6, 6.07) is 5.56. The lowest BCUT2D eigenvalue weighted by Gasteiger charge is -2.63. The molecule has 39 heavy (non-hydrogen) atoms. The van der Waals surface area contributed by atoms with Crippen LogP contribution in [0.2, 0.25) is 0 Å². The molecule has 3 saturated carbocycles. The summed E-state index contributed by atoms with van der Waals surface area (Å²) in [6.07, 6.45) is -1.96. The average Bonchev–Trinajstić information content (AvgIpc) is 3.41. The predicted octanol–water partition coefficient (Wildman–Crippen LogP) is 4.49. The Hall–Kier alpha value is -2.33. The molecule has 6 rings (SSSR count). The van der Waals surface area contributed by atoms with Gasteiger partial charge in [-0.25, -0.2) is 13.2 Å². The van der Waals surface area contributed by atoms with Crippen molar-refractivity contribution in [3.63, 3.8) is 0 Å². The van der Waals surface area contributed by atoms with Gasteiger partial charge in [-0.15, -0.1) is 0 Å². The first-order chi connectivity index (χ1) is 18.4. The summed E-state index contributed by atoms with van der Waals surface area (Å²) in [7, 11) is 0. The van der Waals surface area contributed by atoms with Crippen LogP contribution in [-0.4, -0.2) is 58.0 Å². The number of aliphatic hydroxyl groups excluding tert-OH is 2. The maximum atomic E-state index is 17.3. The van der Waals surface area contributed by atoms with Gasteiger partial charge in [0.25, 0.3) is 0 Å². The number of allylic oxidation sites excluding steroid dienone is 4. The van der Waals surface area contributed by atoms with Crippen LogP contribution < -0.4 is 0 Å². The summed E-state index contributed by atoms with van der Waals surface area (Å²) in [4.78, 5) is 25.4. The molecule has 10 atom stereocenters. The number of Topliss-reactive ketones (excluding diaryl/α,β-unsaturated/α-hetero) is 1. The fourth-order valence-electron chi connectivity index (χ4n) is 8.37. The zero-order valence-corrected chi connectivity index (χ0v) is 22.5. The number of halogens is 3. The molecule has 0 spiro atoms. The van der Waals surface area contributed by atoms with Crippen LogP contribution in [0.15, 0.2) is 48.1 Å². The smallest absolute Gasteiger partial charge is 0.193 e. The molecule has 1 aromatic rings. The molecule has 5 aliphatic rings. The van der Waals surface area contributed by atoms with Crippen molar-refractivity contribution < 1.29 is 42.4 Å². The maximum absolute atomic E-state index is 17.3. The monoisotopic (exact) mass is 548 g/mol. The molecule has 4 fully saturated rings. The van der Waals surface area contributed by atoms with Crippen LogP contribution >= 0.6 is 0 Å². The lowest BCUT2D eigenvalue weighted by Crippen LogP contribution is -2.70. The molecule has 0 amide bonds. The van der Waals surface area contributed by atoms with Crippen LogP contribution in [0.4, 0.5) is 13.2 Å². The third-order valence-electron chi connectivity index (χ3n) is 10.0. The van der Waals surface area contributed by atoms with Crippen molar-refractivity contribution >= 4 is 11.6 Å². The van der Waals surface area contributed by atoms with Gasteiger partial charge in [0.15, 0.2) is 29.1 Å². The molecule has 1 aromatic carbocycles. The number of fused-ring (bicyclic) bond motifs is 7. The van der Waals surface area contributed by atoms with E-state index in [4.69, 9.17) is 9.47 Å². The van der Waals surface area contributed by atoms with Crippen molar-refractivity contribution in [2.24, 2.45) is 22.7 Å². The number of benzene rings is 1. The molecule has 212 valence electrons. The van der Waals surface area contributed by atoms with Gasteiger partial charge in [-0.05, 0) is 62.0 Å². The highest BCUT2D eigenvalue weighted by Crippen LogP contribution is 2.72. The summed E-state index contributed by atoms with van der Waals surface area (Å²) in [5, 5.41) is 21.4. The Bertz CT molecular complexity index is 1250. The molecule has 1 saturated heterocycles. The molecule has 4 aliphatic carbocycles. The number of ether oxygens (including phenoxy) is 2. The van der Waals surface area contributed by atoms with Gasteiger partial charge < -0.3 is 19.7 Å². The lowest BCUT2D eigenvalue weighted by atomic mass is 9.44. The summed E-state index contributed by atoms with van der Waals surface area (Å²) in [5.41, 5.74) is -6.47. The number of hydrogen-bond acceptors (Lipinski definition) is 6. The van der Waals surface area contributed by atoms with E-state index in [9.17, 15) is 24.2 Å². The Morgan fingerprint density at radius 2 is 1.90 bits per heavy atom. The van der Waals surface area contributed by atoms with E-state index in [-0.39, 0.29) is 24.8 Å². The fourth-order valence-corrected chi connectivity index (χ4v) is 8.37. The highest BCUT2D eigenvalue weighted by Gasteiger charge is 2.80. The first-order valence-electron chi connectivity index (χ1n) is 13.6. The van der Waals surface area contributed by atoms with Gasteiger partial charge in [0.2, 0.25) is 0 Å². The first-order valence-corrected chi connectivity index (χ1v) is 13.6. The molecule has 2 N–H and O–H groups in total. The standard InChI is InChI=1S/C28H29F3O6.C2H6/c1-25-7-6-16(33)9-19(25)20(30)10-18-17-11-23-28(22(35)13-32,26(17,2)12-21(34)27(18,25)31)37-24(36-23)14-4-3-5-15(29)8-14;1-2/h3-9,17-18,20-21,23-24,32,34H,10-13H2,1-2H3;1-2H3/t17?,18?,20-,21?,23+,24?,25?,26?,27-,28?;/m0./s1. The summed E-state index contributed by atoms with van der Waals surface area (Å²) < 4.78 is 59.3. The summed E-state index contributed by atoms with van der Waals surface area (Å²) in [5.74, 6) is -3.29.